The quantitative estimate of drug-likeness (QED) is 0.708. The molecule has 0 saturated carbocycles. The van der Waals surface area contributed by atoms with Gasteiger partial charge in [0.2, 0.25) is 5.91 Å². The van der Waals surface area contributed by atoms with Gasteiger partial charge in [0, 0.05) is 19.4 Å². The molecule has 4 N–H and O–H groups in total. The van der Waals surface area contributed by atoms with Crippen LogP contribution in [0, 0.1) is 0 Å². The van der Waals surface area contributed by atoms with Crippen LogP contribution in [0.2, 0.25) is 0 Å². The van der Waals surface area contributed by atoms with Crippen molar-refractivity contribution < 1.29 is 9.59 Å². The third-order valence-corrected chi connectivity index (χ3v) is 3.36. The average Bonchev–Trinajstić information content (AvgIpc) is 2.73. The molecule has 0 aliphatic heterocycles. The van der Waals surface area contributed by atoms with Gasteiger partial charge in [-0.2, -0.15) is 0 Å². The smallest absolute Gasteiger partial charge is 0.264 e. The molecule has 2 rings (SSSR count). The predicted octanol–water partition coefficient (Wildman–Crippen LogP) is -0.251. The lowest BCUT2D eigenvalue weighted by atomic mass is 10.3. The van der Waals surface area contributed by atoms with Crippen molar-refractivity contribution in [2.24, 2.45) is 0 Å². The summed E-state index contributed by atoms with van der Waals surface area (Å²) in [5.74, 6) is -0.680. The minimum atomic E-state index is -0.402. The zero-order chi connectivity index (χ0) is 13.1. The van der Waals surface area contributed by atoms with Gasteiger partial charge in [-0.15, -0.1) is 11.3 Å². The molecule has 8 heteroatoms. The molecule has 0 radical (unpaired) electrons. The van der Waals surface area contributed by atoms with Crippen LogP contribution in [0.25, 0.3) is 10.3 Å². The Kier molecular flexibility index (Phi) is 3.38. The van der Waals surface area contributed by atoms with E-state index >= 15 is 0 Å². The summed E-state index contributed by atoms with van der Waals surface area (Å²) in [5.41, 5.74) is 6.62. The molecule has 0 bridgehead atoms. The maximum Gasteiger partial charge on any atom is 0.264 e. The van der Waals surface area contributed by atoms with Crippen LogP contribution in [-0.2, 0) is 4.79 Å². The van der Waals surface area contributed by atoms with Gasteiger partial charge in [0.15, 0.2) is 0 Å². The van der Waals surface area contributed by atoms with Gasteiger partial charge in [0.05, 0.1) is 12.2 Å². The Morgan fingerprint density at radius 1 is 1.39 bits per heavy atom. The monoisotopic (exact) mass is 265 g/mol. The number of aromatic nitrogens is 2. The molecule has 0 saturated heterocycles. The highest BCUT2D eigenvalue weighted by molar-refractivity contribution is 7.21. The number of hydrogen-bond donors (Lipinski definition) is 3. The standard InChI is InChI=1S/C10H11N5O2S/c1-12-5(16)4-15-9(17)8-6(11)7-10(18-8)14-3-2-13-7/h2-3H,4,11H2,1H3,(H,12,16)(H,15,17). The molecular formula is C10H11N5O2S. The zero-order valence-corrected chi connectivity index (χ0v) is 10.4. The number of nitrogens with two attached hydrogens (primary N) is 1. The second kappa shape index (κ2) is 4.96. The van der Waals surface area contributed by atoms with E-state index in [0.29, 0.717) is 15.2 Å². The summed E-state index contributed by atoms with van der Waals surface area (Å²) in [6.07, 6.45) is 3.04. The highest BCUT2D eigenvalue weighted by atomic mass is 32.1. The fourth-order valence-corrected chi connectivity index (χ4v) is 2.28. The van der Waals surface area contributed by atoms with E-state index < -0.39 is 5.91 Å². The summed E-state index contributed by atoms with van der Waals surface area (Å²) in [6, 6.07) is 0. The highest BCUT2D eigenvalue weighted by Crippen LogP contribution is 2.29. The van der Waals surface area contributed by atoms with E-state index in [1.165, 1.54) is 19.4 Å². The number of carbonyl (C=O) groups excluding carboxylic acids is 2. The second-order valence-electron chi connectivity index (χ2n) is 3.41. The van der Waals surface area contributed by atoms with E-state index in [9.17, 15) is 9.59 Å². The van der Waals surface area contributed by atoms with Crippen molar-refractivity contribution in [1.29, 1.82) is 0 Å². The third kappa shape index (κ3) is 2.23. The van der Waals surface area contributed by atoms with Crippen molar-refractivity contribution >= 4 is 39.2 Å². The number of nitrogens with zero attached hydrogens (tertiary/aromatic N) is 2. The first-order valence-corrected chi connectivity index (χ1v) is 5.93. The van der Waals surface area contributed by atoms with Crippen molar-refractivity contribution in [2.75, 3.05) is 19.3 Å². The number of carbonyl (C=O) groups is 2. The summed E-state index contributed by atoms with van der Waals surface area (Å²) >= 11 is 1.15. The Labute approximate surface area is 106 Å². The van der Waals surface area contributed by atoms with Crippen LogP contribution in [0.3, 0.4) is 0 Å². The molecule has 0 unspecified atom stereocenters. The Morgan fingerprint density at radius 3 is 2.78 bits per heavy atom. The van der Waals surface area contributed by atoms with E-state index in [-0.39, 0.29) is 18.1 Å². The summed E-state index contributed by atoms with van der Waals surface area (Å²) in [7, 11) is 1.50. The van der Waals surface area contributed by atoms with E-state index in [4.69, 9.17) is 5.73 Å². The molecule has 2 amide bonds. The van der Waals surface area contributed by atoms with Crippen molar-refractivity contribution in [1.82, 2.24) is 20.6 Å². The van der Waals surface area contributed by atoms with Crippen molar-refractivity contribution in [3.05, 3.63) is 17.3 Å². The van der Waals surface area contributed by atoms with Gasteiger partial charge in [0.1, 0.15) is 15.2 Å². The van der Waals surface area contributed by atoms with E-state index in [2.05, 4.69) is 20.6 Å². The van der Waals surface area contributed by atoms with Crippen LogP contribution < -0.4 is 16.4 Å². The fraction of sp³-hybridized carbons (Fsp3) is 0.200. The predicted molar refractivity (Wildman–Crippen MR) is 68.2 cm³/mol. The molecule has 0 atom stereocenters. The van der Waals surface area contributed by atoms with Crippen LogP contribution in [0.1, 0.15) is 9.67 Å². The topological polar surface area (TPSA) is 110 Å². The summed E-state index contributed by atoms with van der Waals surface area (Å²) in [4.78, 5) is 31.9. The number of fused-ring (bicyclic) bond motifs is 1. The molecule has 94 valence electrons. The first kappa shape index (κ1) is 12.2. The van der Waals surface area contributed by atoms with Crippen LogP contribution in [0.15, 0.2) is 12.4 Å². The molecule has 0 spiro atoms. The maximum absolute atomic E-state index is 11.8. The van der Waals surface area contributed by atoms with Crippen LogP contribution in [0.4, 0.5) is 5.69 Å². The Hall–Kier alpha value is -2.22. The van der Waals surface area contributed by atoms with Gasteiger partial charge < -0.3 is 16.4 Å². The minimum Gasteiger partial charge on any atom is -0.396 e. The van der Waals surface area contributed by atoms with Crippen LogP contribution in [-0.4, -0.2) is 35.4 Å². The first-order chi connectivity index (χ1) is 8.63. The molecule has 0 fully saturated rings. The van der Waals surface area contributed by atoms with E-state index in [1.807, 2.05) is 0 Å². The number of likely N-dealkylation sites (N-methyl/N-ethyl adjacent to an activating group) is 1. The molecule has 2 aromatic heterocycles. The molecule has 2 heterocycles. The number of amides is 2. The molecule has 0 aliphatic carbocycles. The van der Waals surface area contributed by atoms with Crippen LogP contribution in [0.5, 0.6) is 0 Å². The number of nitrogen functional groups attached to an aromatic ring is 1. The largest absolute Gasteiger partial charge is 0.396 e. The number of nitrogens with one attached hydrogen (secondary N) is 2. The average molecular weight is 265 g/mol. The minimum absolute atomic E-state index is 0.0934. The van der Waals surface area contributed by atoms with Gasteiger partial charge in [-0.05, 0) is 0 Å². The number of hydrogen-bond acceptors (Lipinski definition) is 6. The summed E-state index contributed by atoms with van der Waals surface area (Å²) in [5, 5.41) is 4.88. The molecule has 0 aromatic carbocycles. The van der Waals surface area contributed by atoms with Gasteiger partial charge >= 0.3 is 0 Å². The second-order valence-corrected chi connectivity index (χ2v) is 4.41. The highest BCUT2D eigenvalue weighted by Gasteiger charge is 2.17. The number of thiophene rings is 1. The summed E-state index contributed by atoms with van der Waals surface area (Å²) in [6.45, 7) is -0.0934. The molecule has 2 aromatic rings. The molecular weight excluding hydrogens is 254 g/mol. The third-order valence-electron chi connectivity index (χ3n) is 2.26. The lowest BCUT2D eigenvalue weighted by Gasteiger charge is -2.02. The zero-order valence-electron chi connectivity index (χ0n) is 9.56. The fourth-order valence-electron chi connectivity index (χ4n) is 1.34. The SMILES string of the molecule is CNC(=O)CNC(=O)c1sc2nccnc2c1N. The molecule has 0 aliphatic rings. The van der Waals surface area contributed by atoms with E-state index in [0.717, 1.165) is 11.3 Å². The number of rotatable bonds is 3. The lowest BCUT2D eigenvalue weighted by molar-refractivity contribution is -0.119. The van der Waals surface area contributed by atoms with Gasteiger partial charge in [-0.3, -0.25) is 9.59 Å². The first-order valence-electron chi connectivity index (χ1n) is 5.11. The van der Waals surface area contributed by atoms with Crippen molar-refractivity contribution in [2.45, 2.75) is 0 Å². The maximum atomic E-state index is 11.8. The van der Waals surface area contributed by atoms with Crippen molar-refractivity contribution in [3.8, 4) is 0 Å². The van der Waals surface area contributed by atoms with E-state index in [1.54, 1.807) is 0 Å². The van der Waals surface area contributed by atoms with Gasteiger partial charge in [-0.1, -0.05) is 0 Å². The Morgan fingerprint density at radius 2 is 2.11 bits per heavy atom. The van der Waals surface area contributed by atoms with Crippen LogP contribution >= 0.6 is 11.3 Å². The Bertz CT molecular complexity index is 609. The Balaban J connectivity index is 2.23. The number of anilines is 1. The van der Waals surface area contributed by atoms with Gasteiger partial charge in [0.25, 0.3) is 5.91 Å². The lowest BCUT2D eigenvalue weighted by Crippen LogP contribution is -2.35. The molecule has 18 heavy (non-hydrogen) atoms. The molecule has 7 nitrogen and oxygen atoms in total. The summed E-state index contributed by atoms with van der Waals surface area (Å²) < 4.78 is 0. The van der Waals surface area contributed by atoms with Gasteiger partial charge in [-0.25, -0.2) is 9.97 Å². The normalized spacial score (nSPS) is 10.3. The van der Waals surface area contributed by atoms with Crippen molar-refractivity contribution in [3.63, 3.8) is 0 Å².